The van der Waals surface area contributed by atoms with E-state index in [4.69, 9.17) is 21.4 Å². The van der Waals surface area contributed by atoms with E-state index in [1.165, 1.54) is 0 Å². The molecule has 0 bridgehead atoms. The number of ketones is 1. The van der Waals surface area contributed by atoms with Crippen LogP contribution in [0.4, 0.5) is 5.95 Å². The van der Waals surface area contributed by atoms with E-state index in [9.17, 15) is 9.59 Å². The van der Waals surface area contributed by atoms with E-state index in [-0.39, 0.29) is 24.5 Å². The van der Waals surface area contributed by atoms with Gasteiger partial charge in [0.05, 0.1) is 13.2 Å². The number of aryl methyl sites for hydroxylation is 1. The van der Waals surface area contributed by atoms with Crippen LogP contribution in [-0.4, -0.2) is 51.2 Å². The van der Waals surface area contributed by atoms with Crippen molar-refractivity contribution in [3.63, 3.8) is 0 Å². The summed E-state index contributed by atoms with van der Waals surface area (Å²) in [5.41, 5.74) is 2.36. The second kappa shape index (κ2) is 11.1. The van der Waals surface area contributed by atoms with Gasteiger partial charge < -0.3 is 19.7 Å². The Labute approximate surface area is 191 Å². The highest BCUT2D eigenvalue weighted by atomic mass is 35.5. The third-order valence-corrected chi connectivity index (χ3v) is 5.43. The summed E-state index contributed by atoms with van der Waals surface area (Å²) in [6.45, 7) is 3.23. The molecule has 0 radical (unpaired) electrons. The van der Waals surface area contributed by atoms with Gasteiger partial charge in [-0.15, -0.1) is 0 Å². The molecule has 1 aromatic carbocycles. The number of ether oxygens (including phenoxy) is 1. The van der Waals surface area contributed by atoms with Crippen LogP contribution in [0, 0.1) is 5.92 Å². The molecule has 1 atom stereocenters. The molecule has 0 aliphatic rings. The zero-order chi connectivity index (χ0) is 23.1. The summed E-state index contributed by atoms with van der Waals surface area (Å²) in [6, 6.07) is 7.23. The van der Waals surface area contributed by atoms with E-state index >= 15 is 0 Å². The zero-order valence-corrected chi connectivity index (χ0v) is 18.9. The molecular weight excluding hydrogens is 432 g/mol. The lowest BCUT2D eigenvalue weighted by Crippen LogP contribution is -2.15. The van der Waals surface area contributed by atoms with Crippen LogP contribution in [0.2, 0.25) is 5.02 Å². The minimum atomic E-state index is -0.908. The van der Waals surface area contributed by atoms with Crippen LogP contribution in [0.25, 0.3) is 10.9 Å². The first-order valence-electron chi connectivity index (χ1n) is 10.5. The van der Waals surface area contributed by atoms with Crippen LogP contribution in [0.15, 0.2) is 36.7 Å². The first kappa shape index (κ1) is 23.7. The van der Waals surface area contributed by atoms with Crippen LogP contribution < -0.4 is 5.32 Å². The number of hydrogen-bond acceptors (Lipinski definition) is 6. The molecule has 0 fully saturated rings. The van der Waals surface area contributed by atoms with Gasteiger partial charge in [0.1, 0.15) is 0 Å². The smallest absolute Gasteiger partial charge is 0.303 e. The van der Waals surface area contributed by atoms with E-state index in [0.29, 0.717) is 42.7 Å². The molecule has 0 aliphatic carbocycles. The van der Waals surface area contributed by atoms with E-state index in [2.05, 4.69) is 15.3 Å². The number of hydrogen-bond donors (Lipinski definition) is 2. The van der Waals surface area contributed by atoms with E-state index in [0.717, 1.165) is 16.6 Å². The Bertz CT molecular complexity index is 1080. The first-order valence-corrected chi connectivity index (χ1v) is 10.8. The molecule has 2 N–H and O–H groups in total. The number of carboxylic acids is 1. The fourth-order valence-electron chi connectivity index (χ4n) is 3.76. The van der Waals surface area contributed by atoms with Gasteiger partial charge in [0, 0.05) is 72.4 Å². The van der Waals surface area contributed by atoms with Crippen molar-refractivity contribution in [2.24, 2.45) is 13.0 Å². The topological polar surface area (TPSA) is 106 Å². The largest absolute Gasteiger partial charge is 0.481 e. The van der Waals surface area contributed by atoms with Crippen LogP contribution in [0.1, 0.15) is 35.8 Å². The average molecular weight is 459 g/mol. The summed E-state index contributed by atoms with van der Waals surface area (Å²) in [6.07, 6.45) is 3.98. The Morgan fingerprint density at radius 1 is 1.22 bits per heavy atom. The van der Waals surface area contributed by atoms with Gasteiger partial charge in [-0.1, -0.05) is 18.5 Å². The maximum absolute atomic E-state index is 13.2. The summed E-state index contributed by atoms with van der Waals surface area (Å²) in [5.74, 6) is -0.700. The van der Waals surface area contributed by atoms with Crippen molar-refractivity contribution in [3.8, 4) is 0 Å². The lowest BCUT2D eigenvalue weighted by atomic mass is 9.95. The second-order valence-corrected chi connectivity index (χ2v) is 8.17. The number of benzene rings is 1. The minimum Gasteiger partial charge on any atom is -0.481 e. The van der Waals surface area contributed by atoms with Crippen molar-refractivity contribution < 1.29 is 19.4 Å². The molecule has 0 amide bonds. The van der Waals surface area contributed by atoms with Crippen LogP contribution >= 0.6 is 11.6 Å². The normalized spacial score (nSPS) is 12.1. The third kappa shape index (κ3) is 6.05. The maximum atomic E-state index is 13.2. The van der Waals surface area contributed by atoms with E-state index < -0.39 is 5.97 Å². The summed E-state index contributed by atoms with van der Waals surface area (Å²) in [4.78, 5) is 32.4. The lowest BCUT2D eigenvalue weighted by Gasteiger charge is -2.11. The number of carboxylic acid groups (broad SMARTS) is 1. The molecule has 170 valence electrons. The Balaban J connectivity index is 1.69. The van der Waals surface area contributed by atoms with Gasteiger partial charge in [-0.05, 0) is 30.2 Å². The minimum absolute atomic E-state index is 0.0478. The number of carbonyl (C=O) groups excluding carboxylic acids is 1. The molecule has 9 heteroatoms. The first-order chi connectivity index (χ1) is 15.4. The number of rotatable bonds is 12. The van der Waals surface area contributed by atoms with Crippen LogP contribution in [0.5, 0.6) is 0 Å². The Kier molecular flexibility index (Phi) is 8.19. The summed E-state index contributed by atoms with van der Waals surface area (Å²) in [7, 11) is 1.91. The molecule has 2 heterocycles. The SMILES string of the molecule is C[C@H](CC(=O)O)CC(=O)c1c(CCOCCNc2ncccn2)n(C)c2ccc(Cl)cc12. The molecule has 3 rings (SSSR count). The number of fused-ring (bicyclic) bond motifs is 1. The molecule has 2 aromatic heterocycles. The van der Waals surface area contributed by atoms with Crippen molar-refractivity contribution in [1.29, 1.82) is 0 Å². The number of nitrogens with zero attached hydrogens (tertiary/aromatic N) is 3. The van der Waals surface area contributed by atoms with Crippen molar-refractivity contribution in [1.82, 2.24) is 14.5 Å². The predicted molar refractivity (Wildman–Crippen MR) is 123 cm³/mol. The maximum Gasteiger partial charge on any atom is 0.303 e. The molecule has 3 aromatic rings. The Morgan fingerprint density at radius 3 is 2.69 bits per heavy atom. The van der Waals surface area contributed by atoms with Gasteiger partial charge >= 0.3 is 5.97 Å². The molecule has 8 nitrogen and oxygen atoms in total. The van der Waals surface area contributed by atoms with E-state index in [1.807, 2.05) is 17.7 Å². The average Bonchev–Trinajstić information content (AvgIpc) is 3.01. The van der Waals surface area contributed by atoms with Crippen LogP contribution in [-0.2, 0) is 23.0 Å². The summed E-state index contributed by atoms with van der Waals surface area (Å²) >= 11 is 6.20. The molecular formula is C23H27ClN4O4. The number of aliphatic carboxylic acids is 1. The van der Waals surface area contributed by atoms with Crippen LogP contribution in [0.3, 0.4) is 0 Å². The Hall–Kier alpha value is -2.97. The summed E-state index contributed by atoms with van der Waals surface area (Å²) < 4.78 is 7.74. The van der Waals surface area contributed by atoms with Crippen molar-refractivity contribution in [3.05, 3.63) is 52.9 Å². The van der Waals surface area contributed by atoms with Gasteiger partial charge in [0.2, 0.25) is 5.95 Å². The number of anilines is 1. The van der Waals surface area contributed by atoms with Gasteiger partial charge in [0.15, 0.2) is 5.78 Å². The highest BCUT2D eigenvalue weighted by Gasteiger charge is 2.23. The van der Waals surface area contributed by atoms with Crippen molar-refractivity contribution in [2.45, 2.75) is 26.2 Å². The number of aromatic nitrogens is 3. The standard InChI is InChI=1S/C23H27ClN4O4/c1-15(13-21(30)31)12-20(29)22-17-14-16(24)4-5-18(17)28(2)19(22)6-10-32-11-9-27-23-25-7-3-8-26-23/h3-5,7-8,14-15H,6,9-13H2,1-2H3,(H,30,31)(H,25,26,27)/t15-/m0/s1. The number of Topliss-reactive ketones (excluding diaryl/α,β-unsaturated/α-hetero) is 1. The molecule has 0 unspecified atom stereocenters. The molecule has 0 aliphatic heterocycles. The highest BCUT2D eigenvalue weighted by Crippen LogP contribution is 2.30. The van der Waals surface area contributed by atoms with Gasteiger partial charge in [-0.2, -0.15) is 0 Å². The quantitative estimate of drug-likeness (QED) is 0.312. The predicted octanol–water partition coefficient (Wildman–Crippen LogP) is 3.98. The number of halogens is 1. The van der Waals surface area contributed by atoms with Crippen molar-refractivity contribution >= 4 is 40.2 Å². The number of carbonyl (C=O) groups is 2. The molecule has 0 saturated carbocycles. The monoisotopic (exact) mass is 458 g/mol. The number of nitrogens with one attached hydrogen (secondary N) is 1. The van der Waals surface area contributed by atoms with Gasteiger partial charge in [-0.3, -0.25) is 9.59 Å². The second-order valence-electron chi connectivity index (χ2n) is 7.73. The van der Waals surface area contributed by atoms with E-state index in [1.54, 1.807) is 37.5 Å². The fraction of sp³-hybridized carbons (Fsp3) is 0.391. The third-order valence-electron chi connectivity index (χ3n) is 5.20. The van der Waals surface area contributed by atoms with Crippen molar-refractivity contribution in [2.75, 3.05) is 25.1 Å². The zero-order valence-electron chi connectivity index (χ0n) is 18.2. The van der Waals surface area contributed by atoms with Gasteiger partial charge in [-0.25, -0.2) is 9.97 Å². The summed E-state index contributed by atoms with van der Waals surface area (Å²) in [5, 5.41) is 13.4. The highest BCUT2D eigenvalue weighted by molar-refractivity contribution is 6.31. The Morgan fingerprint density at radius 2 is 1.97 bits per heavy atom. The molecule has 0 saturated heterocycles. The lowest BCUT2D eigenvalue weighted by molar-refractivity contribution is -0.137. The fourth-order valence-corrected chi connectivity index (χ4v) is 3.93. The van der Waals surface area contributed by atoms with Gasteiger partial charge in [0.25, 0.3) is 0 Å². The molecule has 32 heavy (non-hydrogen) atoms. The molecule has 0 spiro atoms.